The molecule has 92 valence electrons. The number of hydrogen-bond acceptors (Lipinski definition) is 3. The fourth-order valence-electron chi connectivity index (χ4n) is 1.38. The summed E-state index contributed by atoms with van der Waals surface area (Å²) in [6.07, 6.45) is 3.90. The maximum Gasteiger partial charge on any atom is 0.490 e. The van der Waals surface area contributed by atoms with Gasteiger partial charge in [-0.25, -0.2) is 0 Å². The first-order chi connectivity index (χ1) is 7.39. The van der Waals surface area contributed by atoms with E-state index in [2.05, 4.69) is 6.92 Å². The zero-order valence-electron chi connectivity index (χ0n) is 11.1. The minimum atomic E-state index is -0.299. The van der Waals surface area contributed by atoms with Crippen molar-refractivity contribution in [3.05, 3.63) is 12.2 Å². The highest BCUT2D eigenvalue weighted by molar-refractivity contribution is 6.51. The van der Waals surface area contributed by atoms with Gasteiger partial charge in [-0.2, -0.15) is 0 Å². The van der Waals surface area contributed by atoms with E-state index in [0.717, 1.165) is 19.4 Å². The number of hydrogen-bond donors (Lipinski definition) is 0. The molecular weight excluding hydrogens is 203 g/mol. The summed E-state index contributed by atoms with van der Waals surface area (Å²) in [6, 6.07) is 0. The first-order valence-corrected chi connectivity index (χ1v) is 6.03. The van der Waals surface area contributed by atoms with E-state index in [1.807, 2.05) is 33.7 Å². The Morgan fingerprint density at radius 2 is 1.69 bits per heavy atom. The smallest absolute Gasteiger partial charge is 0.490 e. The van der Waals surface area contributed by atoms with Gasteiger partial charge in [0.1, 0.15) is 0 Å². The molecule has 1 heterocycles. The molecule has 4 heteroatoms. The van der Waals surface area contributed by atoms with E-state index in [1.54, 1.807) is 6.26 Å². The lowest BCUT2D eigenvalue weighted by Crippen LogP contribution is -2.41. The van der Waals surface area contributed by atoms with Gasteiger partial charge in [-0.3, -0.25) is 0 Å². The molecule has 0 aromatic carbocycles. The third-order valence-electron chi connectivity index (χ3n) is 3.22. The zero-order chi connectivity index (χ0) is 12.2. The molecule has 0 aromatic heterocycles. The maximum absolute atomic E-state index is 5.78. The van der Waals surface area contributed by atoms with Crippen LogP contribution in [0, 0.1) is 0 Å². The van der Waals surface area contributed by atoms with Crippen LogP contribution in [0.3, 0.4) is 0 Å². The largest absolute Gasteiger partial charge is 0.502 e. The Morgan fingerprint density at radius 3 is 2.19 bits per heavy atom. The summed E-state index contributed by atoms with van der Waals surface area (Å²) in [7, 11) is -0.299. The van der Waals surface area contributed by atoms with Gasteiger partial charge in [0.2, 0.25) is 0 Å². The molecule has 0 bridgehead atoms. The van der Waals surface area contributed by atoms with E-state index in [9.17, 15) is 0 Å². The van der Waals surface area contributed by atoms with Crippen molar-refractivity contribution < 1.29 is 14.0 Å². The third-order valence-corrected chi connectivity index (χ3v) is 3.22. The van der Waals surface area contributed by atoms with Crippen molar-refractivity contribution in [2.45, 2.75) is 58.7 Å². The Labute approximate surface area is 99.3 Å². The molecule has 0 aromatic rings. The Balaban J connectivity index is 2.36. The van der Waals surface area contributed by atoms with Crippen LogP contribution >= 0.6 is 0 Å². The lowest BCUT2D eigenvalue weighted by atomic mass is 9.90. The molecule has 1 rings (SSSR count). The van der Waals surface area contributed by atoms with Crippen LogP contribution in [-0.2, 0) is 14.0 Å². The minimum absolute atomic E-state index is 0.272. The SMILES string of the molecule is CCCCOC=CB1OC(C)(C)C(C)(C)O1. The molecule has 0 spiro atoms. The van der Waals surface area contributed by atoms with Crippen LogP contribution in [0.25, 0.3) is 0 Å². The Hall–Kier alpha value is -0.475. The molecule has 0 radical (unpaired) electrons. The second-order valence-corrected chi connectivity index (χ2v) is 5.18. The van der Waals surface area contributed by atoms with Crippen molar-refractivity contribution in [2.75, 3.05) is 6.61 Å². The Morgan fingerprint density at radius 1 is 1.12 bits per heavy atom. The van der Waals surface area contributed by atoms with Crippen molar-refractivity contribution in [3.63, 3.8) is 0 Å². The second-order valence-electron chi connectivity index (χ2n) is 5.18. The van der Waals surface area contributed by atoms with Gasteiger partial charge < -0.3 is 14.0 Å². The van der Waals surface area contributed by atoms with Crippen LogP contribution < -0.4 is 0 Å². The number of ether oxygens (including phenoxy) is 1. The quantitative estimate of drug-likeness (QED) is 0.409. The van der Waals surface area contributed by atoms with Crippen LogP contribution in [-0.4, -0.2) is 24.9 Å². The summed E-state index contributed by atoms with van der Waals surface area (Å²) in [5.74, 6) is 1.83. The van der Waals surface area contributed by atoms with Gasteiger partial charge in [0.05, 0.1) is 24.1 Å². The average Bonchev–Trinajstić information content (AvgIpc) is 2.35. The van der Waals surface area contributed by atoms with E-state index in [4.69, 9.17) is 14.0 Å². The monoisotopic (exact) mass is 226 g/mol. The lowest BCUT2D eigenvalue weighted by molar-refractivity contribution is 0.00578. The molecule has 0 N–H and O–H groups in total. The third kappa shape index (κ3) is 3.26. The molecule has 0 atom stereocenters. The van der Waals surface area contributed by atoms with E-state index >= 15 is 0 Å². The Bertz CT molecular complexity index is 233. The molecule has 1 aliphatic rings. The highest BCUT2D eigenvalue weighted by Crippen LogP contribution is 2.36. The average molecular weight is 226 g/mol. The van der Waals surface area contributed by atoms with Gasteiger partial charge in [-0.05, 0) is 40.1 Å². The molecule has 0 unspecified atom stereocenters. The van der Waals surface area contributed by atoms with Crippen molar-refractivity contribution in [3.8, 4) is 0 Å². The van der Waals surface area contributed by atoms with Gasteiger partial charge in [0.15, 0.2) is 0 Å². The van der Waals surface area contributed by atoms with Crippen LogP contribution in [0.5, 0.6) is 0 Å². The van der Waals surface area contributed by atoms with E-state index in [0.29, 0.717) is 0 Å². The van der Waals surface area contributed by atoms with E-state index in [1.165, 1.54) is 0 Å². The Kier molecular flexibility index (Phi) is 4.45. The topological polar surface area (TPSA) is 27.7 Å². The molecule has 1 saturated heterocycles. The first kappa shape index (κ1) is 13.6. The minimum Gasteiger partial charge on any atom is -0.502 e. The molecule has 0 aliphatic carbocycles. The van der Waals surface area contributed by atoms with Crippen molar-refractivity contribution in [1.82, 2.24) is 0 Å². The second kappa shape index (κ2) is 5.24. The zero-order valence-corrected chi connectivity index (χ0v) is 11.1. The van der Waals surface area contributed by atoms with Gasteiger partial charge in [-0.1, -0.05) is 13.3 Å². The summed E-state index contributed by atoms with van der Waals surface area (Å²) in [4.78, 5) is 0. The van der Waals surface area contributed by atoms with Crippen LogP contribution in [0.1, 0.15) is 47.5 Å². The number of unbranched alkanes of at least 4 members (excludes halogenated alkanes) is 1. The maximum atomic E-state index is 5.78. The fourth-order valence-corrected chi connectivity index (χ4v) is 1.38. The lowest BCUT2D eigenvalue weighted by Gasteiger charge is -2.32. The van der Waals surface area contributed by atoms with Crippen LogP contribution in [0.2, 0.25) is 0 Å². The standard InChI is InChI=1S/C12H23BO3/c1-6-7-9-14-10-8-13-15-11(2,3)12(4,5)16-13/h8,10H,6-7,9H2,1-5H3. The molecule has 0 saturated carbocycles. The van der Waals surface area contributed by atoms with Crippen molar-refractivity contribution >= 4 is 7.12 Å². The summed E-state index contributed by atoms with van der Waals surface area (Å²) in [5, 5.41) is 0. The molecule has 3 nitrogen and oxygen atoms in total. The summed E-state index contributed by atoms with van der Waals surface area (Å²) in [5.41, 5.74) is -0.545. The van der Waals surface area contributed by atoms with Gasteiger partial charge in [0, 0.05) is 0 Å². The van der Waals surface area contributed by atoms with Gasteiger partial charge >= 0.3 is 7.12 Å². The number of rotatable bonds is 5. The van der Waals surface area contributed by atoms with Crippen LogP contribution in [0.4, 0.5) is 0 Å². The molecular formula is C12H23BO3. The predicted octanol–water partition coefficient (Wildman–Crippen LogP) is 2.95. The van der Waals surface area contributed by atoms with E-state index in [-0.39, 0.29) is 18.3 Å². The van der Waals surface area contributed by atoms with Gasteiger partial charge in [-0.15, -0.1) is 0 Å². The van der Waals surface area contributed by atoms with Gasteiger partial charge in [0.25, 0.3) is 0 Å². The van der Waals surface area contributed by atoms with Crippen molar-refractivity contribution in [2.24, 2.45) is 0 Å². The summed E-state index contributed by atoms with van der Waals surface area (Å²) in [6.45, 7) is 11.1. The summed E-state index contributed by atoms with van der Waals surface area (Å²) >= 11 is 0. The summed E-state index contributed by atoms with van der Waals surface area (Å²) < 4.78 is 16.9. The molecule has 0 amide bonds. The predicted molar refractivity (Wildman–Crippen MR) is 66.1 cm³/mol. The highest BCUT2D eigenvalue weighted by atomic mass is 16.7. The normalized spacial score (nSPS) is 22.9. The van der Waals surface area contributed by atoms with E-state index < -0.39 is 0 Å². The molecule has 1 fully saturated rings. The van der Waals surface area contributed by atoms with Crippen LogP contribution in [0.15, 0.2) is 12.2 Å². The fraction of sp³-hybridized carbons (Fsp3) is 0.833. The van der Waals surface area contributed by atoms with Crippen molar-refractivity contribution in [1.29, 1.82) is 0 Å². The molecule has 16 heavy (non-hydrogen) atoms. The molecule has 1 aliphatic heterocycles. The highest BCUT2D eigenvalue weighted by Gasteiger charge is 2.50. The first-order valence-electron chi connectivity index (χ1n) is 6.03.